The molecular weight excluding hydrogens is 255 g/mol. The second-order valence-electron chi connectivity index (χ2n) is 4.43. The molecule has 0 bridgehead atoms. The Morgan fingerprint density at radius 1 is 1.24 bits per heavy atom. The van der Waals surface area contributed by atoms with E-state index in [1.54, 1.807) is 6.20 Å². The topological polar surface area (TPSA) is 24.9 Å². The number of pyridine rings is 1. The number of anilines is 1. The number of nitrogens with one attached hydrogen (secondary N) is 1. The predicted molar refractivity (Wildman–Crippen MR) is 73.0 cm³/mol. The zero-order valence-corrected chi connectivity index (χ0v) is 10.7. The Labute approximate surface area is 110 Å². The fraction of sp³-hybridized carbons (Fsp3) is 0.308. The Morgan fingerprint density at radius 2 is 2.06 bits per heavy atom. The van der Waals surface area contributed by atoms with Gasteiger partial charge in [0.15, 0.2) is 0 Å². The van der Waals surface area contributed by atoms with Crippen LogP contribution in [-0.2, 0) is 0 Å². The van der Waals surface area contributed by atoms with Crippen LogP contribution in [0.2, 0.25) is 5.02 Å². The van der Waals surface area contributed by atoms with Gasteiger partial charge in [-0.2, -0.15) is 0 Å². The molecule has 1 heterocycles. The Balaban J connectivity index is 1.93. The van der Waals surface area contributed by atoms with Crippen LogP contribution in [0.15, 0.2) is 30.5 Å². The van der Waals surface area contributed by atoms with Crippen molar-refractivity contribution in [2.24, 2.45) is 0 Å². The molecular formula is C13H12Cl2N2. The number of alkyl halides is 1. The van der Waals surface area contributed by atoms with Gasteiger partial charge in [-0.15, -0.1) is 11.6 Å². The van der Waals surface area contributed by atoms with Crippen molar-refractivity contribution < 1.29 is 0 Å². The molecule has 1 fully saturated rings. The molecule has 88 valence electrons. The van der Waals surface area contributed by atoms with E-state index in [4.69, 9.17) is 23.2 Å². The summed E-state index contributed by atoms with van der Waals surface area (Å²) in [5.41, 5.74) is 2.03. The van der Waals surface area contributed by atoms with Gasteiger partial charge in [-0.05, 0) is 37.1 Å². The van der Waals surface area contributed by atoms with Crippen molar-refractivity contribution in [2.75, 3.05) is 5.32 Å². The molecule has 3 rings (SSSR count). The molecule has 1 aliphatic carbocycles. The van der Waals surface area contributed by atoms with Gasteiger partial charge in [0.25, 0.3) is 0 Å². The number of halogens is 2. The molecule has 4 heteroatoms. The molecule has 2 aromatic rings. The second-order valence-corrected chi connectivity index (χ2v) is 5.48. The number of hydrogen-bond acceptors (Lipinski definition) is 2. The summed E-state index contributed by atoms with van der Waals surface area (Å²) >= 11 is 11.9. The van der Waals surface area contributed by atoms with E-state index in [2.05, 4.69) is 10.3 Å². The molecule has 0 aliphatic heterocycles. The van der Waals surface area contributed by atoms with Crippen molar-refractivity contribution in [3.05, 3.63) is 35.5 Å². The number of nitrogens with zero attached hydrogens (tertiary/aromatic N) is 1. The normalized spacial score (nSPS) is 23.4. The second kappa shape index (κ2) is 4.35. The molecule has 0 saturated heterocycles. The van der Waals surface area contributed by atoms with Crippen molar-refractivity contribution in [3.8, 4) is 0 Å². The fourth-order valence-corrected chi connectivity index (χ4v) is 2.73. The summed E-state index contributed by atoms with van der Waals surface area (Å²) in [5.74, 6) is 0. The average molecular weight is 267 g/mol. The minimum atomic E-state index is 0.329. The van der Waals surface area contributed by atoms with E-state index in [1.165, 1.54) is 0 Å². The van der Waals surface area contributed by atoms with Gasteiger partial charge >= 0.3 is 0 Å². The minimum Gasteiger partial charge on any atom is -0.382 e. The van der Waals surface area contributed by atoms with Crippen molar-refractivity contribution in [3.63, 3.8) is 0 Å². The lowest BCUT2D eigenvalue weighted by molar-refractivity contribution is 0.455. The van der Waals surface area contributed by atoms with Crippen LogP contribution in [0.1, 0.15) is 12.8 Å². The lowest BCUT2D eigenvalue weighted by Gasteiger charge is -2.32. The van der Waals surface area contributed by atoms with Crippen LogP contribution in [0, 0.1) is 0 Å². The standard InChI is InChI=1S/C13H12Cl2N2/c14-8-1-2-11-12(3-4-16-13(11)7-8)17-10-5-9(15)6-10/h1-4,7,9-10H,5-6H2,(H,16,17). The van der Waals surface area contributed by atoms with E-state index >= 15 is 0 Å². The molecule has 1 saturated carbocycles. The van der Waals surface area contributed by atoms with Crippen LogP contribution >= 0.6 is 23.2 Å². The molecule has 0 unspecified atom stereocenters. The van der Waals surface area contributed by atoms with E-state index in [0.717, 1.165) is 29.4 Å². The molecule has 2 nitrogen and oxygen atoms in total. The summed E-state index contributed by atoms with van der Waals surface area (Å²) in [4.78, 5) is 4.32. The largest absolute Gasteiger partial charge is 0.382 e. The zero-order chi connectivity index (χ0) is 11.8. The monoisotopic (exact) mass is 266 g/mol. The maximum atomic E-state index is 5.98. The minimum absolute atomic E-state index is 0.329. The van der Waals surface area contributed by atoms with Gasteiger partial charge in [0, 0.05) is 33.7 Å². The zero-order valence-electron chi connectivity index (χ0n) is 9.16. The quantitative estimate of drug-likeness (QED) is 0.829. The smallest absolute Gasteiger partial charge is 0.0737 e. The van der Waals surface area contributed by atoms with E-state index in [9.17, 15) is 0 Å². The first-order chi connectivity index (χ1) is 8.22. The third-order valence-electron chi connectivity index (χ3n) is 3.14. The van der Waals surface area contributed by atoms with Crippen LogP contribution in [0.25, 0.3) is 10.9 Å². The molecule has 0 atom stereocenters. The molecule has 1 aromatic heterocycles. The van der Waals surface area contributed by atoms with Gasteiger partial charge in [0.2, 0.25) is 0 Å². The van der Waals surface area contributed by atoms with E-state index < -0.39 is 0 Å². The molecule has 17 heavy (non-hydrogen) atoms. The Kier molecular flexibility index (Phi) is 2.85. The molecule has 1 aliphatic rings. The summed E-state index contributed by atoms with van der Waals surface area (Å²) in [6.07, 6.45) is 3.86. The van der Waals surface area contributed by atoms with Crippen LogP contribution in [0.4, 0.5) is 5.69 Å². The Bertz CT molecular complexity index is 550. The molecule has 0 spiro atoms. The van der Waals surface area contributed by atoms with Gasteiger partial charge < -0.3 is 5.32 Å². The van der Waals surface area contributed by atoms with Gasteiger partial charge in [-0.1, -0.05) is 11.6 Å². The van der Waals surface area contributed by atoms with Crippen LogP contribution in [0.5, 0.6) is 0 Å². The molecule has 0 amide bonds. The summed E-state index contributed by atoms with van der Waals surface area (Å²) < 4.78 is 0. The first-order valence-electron chi connectivity index (χ1n) is 5.67. The highest BCUT2D eigenvalue weighted by atomic mass is 35.5. The maximum absolute atomic E-state index is 5.98. The highest BCUT2D eigenvalue weighted by Crippen LogP contribution is 2.31. The van der Waals surface area contributed by atoms with Gasteiger partial charge in [-0.3, -0.25) is 4.98 Å². The molecule has 0 radical (unpaired) electrons. The lowest BCUT2D eigenvalue weighted by Crippen LogP contribution is -2.36. The fourth-order valence-electron chi connectivity index (χ4n) is 2.13. The predicted octanol–water partition coefficient (Wildman–Crippen LogP) is 4.07. The highest BCUT2D eigenvalue weighted by Gasteiger charge is 2.27. The van der Waals surface area contributed by atoms with Crippen molar-refractivity contribution >= 4 is 39.8 Å². The SMILES string of the molecule is Clc1ccc2c(NC3CC(Cl)C3)ccnc2c1. The van der Waals surface area contributed by atoms with Crippen molar-refractivity contribution in [1.82, 2.24) is 4.98 Å². The maximum Gasteiger partial charge on any atom is 0.0737 e. The third kappa shape index (κ3) is 2.20. The van der Waals surface area contributed by atoms with Gasteiger partial charge in [0.1, 0.15) is 0 Å². The molecule has 1 N–H and O–H groups in total. The van der Waals surface area contributed by atoms with E-state index in [1.807, 2.05) is 24.3 Å². The molecule has 1 aromatic carbocycles. The summed E-state index contributed by atoms with van der Waals surface area (Å²) in [7, 11) is 0. The van der Waals surface area contributed by atoms with E-state index in [0.29, 0.717) is 16.4 Å². The van der Waals surface area contributed by atoms with Gasteiger partial charge in [0.05, 0.1) is 5.52 Å². The number of fused-ring (bicyclic) bond motifs is 1. The van der Waals surface area contributed by atoms with Crippen LogP contribution in [0.3, 0.4) is 0 Å². The van der Waals surface area contributed by atoms with Crippen molar-refractivity contribution in [1.29, 1.82) is 0 Å². The van der Waals surface area contributed by atoms with E-state index in [-0.39, 0.29) is 0 Å². The van der Waals surface area contributed by atoms with Crippen molar-refractivity contribution in [2.45, 2.75) is 24.3 Å². The highest BCUT2D eigenvalue weighted by molar-refractivity contribution is 6.31. The first kappa shape index (κ1) is 11.1. The third-order valence-corrected chi connectivity index (χ3v) is 3.74. The first-order valence-corrected chi connectivity index (χ1v) is 6.49. The average Bonchev–Trinajstić information content (AvgIpc) is 2.27. The number of aromatic nitrogens is 1. The summed E-state index contributed by atoms with van der Waals surface area (Å²) in [6, 6.07) is 8.26. The number of hydrogen-bond donors (Lipinski definition) is 1. The lowest BCUT2D eigenvalue weighted by atomic mass is 9.92. The number of benzene rings is 1. The summed E-state index contributed by atoms with van der Waals surface area (Å²) in [5, 5.41) is 5.65. The summed E-state index contributed by atoms with van der Waals surface area (Å²) in [6.45, 7) is 0. The number of rotatable bonds is 2. The van der Waals surface area contributed by atoms with Crippen LogP contribution in [-0.4, -0.2) is 16.4 Å². The van der Waals surface area contributed by atoms with Gasteiger partial charge in [-0.25, -0.2) is 0 Å². The Hall–Kier alpha value is -0.990. The Morgan fingerprint density at radius 3 is 2.82 bits per heavy atom. The van der Waals surface area contributed by atoms with Crippen LogP contribution < -0.4 is 5.32 Å².